The molecular weight excluding hydrogens is 247 g/mol. The summed E-state index contributed by atoms with van der Waals surface area (Å²) >= 11 is 0. The summed E-state index contributed by atoms with van der Waals surface area (Å²) < 4.78 is 24.1. The number of nitrogens with one attached hydrogen (secondary N) is 1. The summed E-state index contributed by atoms with van der Waals surface area (Å²) in [7, 11) is -0.979. The molecule has 1 rings (SSSR count). The largest absolute Gasteiger partial charge is 0.381 e. The summed E-state index contributed by atoms with van der Waals surface area (Å²) in [4.78, 5) is 9.88. The first-order valence-electron chi connectivity index (χ1n) is 4.90. The molecule has 1 aromatic rings. The van der Waals surface area contributed by atoms with Crippen molar-refractivity contribution in [3.63, 3.8) is 0 Å². The fourth-order valence-corrected chi connectivity index (χ4v) is 2.23. The molecule has 0 amide bonds. The zero-order valence-electron chi connectivity index (χ0n) is 9.47. The minimum Gasteiger partial charge on any atom is -0.381 e. The highest BCUT2D eigenvalue weighted by Crippen LogP contribution is 2.20. The van der Waals surface area contributed by atoms with E-state index in [0.29, 0.717) is 11.4 Å². The maximum atomic E-state index is 13.1. The third-order valence-corrected chi connectivity index (χ3v) is 2.96. The molecule has 1 aromatic carbocycles. The molecular formula is C10H13FN2O3S. The third kappa shape index (κ3) is 4.48. The van der Waals surface area contributed by atoms with E-state index in [1.54, 1.807) is 13.2 Å². The molecule has 0 saturated heterocycles. The topological polar surface area (TPSA) is 72.2 Å². The Morgan fingerprint density at radius 3 is 2.71 bits per heavy atom. The van der Waals surface area contributed by atoms with E-state index in [9.17, 15) is 18.7 Å². The second-order valence-electron chi connectivity index (χ2n) is 3.74. The second kappa shape index (κ2) is 5.72. The van der Waals surface area contributed by atoms with Gasteiger partial charge in [0.25, 0.3) is 5.69 Å². The molecule has 0 bridgehead atoms. The molecule has 7 heteroatoms. The van der Waals surface area contributed by atoms with Crippen LogP contribution in [0, 0.1) is 15.9 Å². The first-order chi connectivity index (χ1) is 7.88. The lowest BCUT2D eigenvalue weighted by Gasteiger charge is -2.13. The Bertz CT molecular complexity index is 453. The Morgan fingerprint density at radius 2 is 2.18 bits per heavy atom. The Hall–Kier alpha value is -1.50. The van der Waals surface area contributed by atoms with E-state index in [1.165, 1.54) is 12.1 Å². The molecule has 0 aliphatic carbocycles. The Labute approximate surface area is 101 Å². The summed E-state index contributed by atoms with van der Waals surface area (Å²) in [6.45, 7) is 1.78. The third-order valence-electron chi connectivity index (χ3n) is 1.99. The lowest BCUT2D eigenvalue weighted by atomic mass is 10.2. The SMILES string of the molecule is CC(CS(C)=O)Nc1cc(F)cc([N+](=O)[O-])c1. The van der Waals surface area contributed by atoms with Gasteiger partial charge in [-0.3, -0.25) is 14.3 Å². The van der Waals surface area contributed by atoms with Gasteiger partial charge in [-0.25, -0.2) is 4.39 Å². The normalized spacial score (nSPS) is 14.1. The maximum absolute atomic E-state index is 13.1. The van der Waals surface area contributed by atoms with E-state index in [2.05, 4.69) is 5.32 Å². The highest BCUT2D eigenvalue weighted by molar-refractivity contribution is 7.84. The summed E-state index contributed by atoms with van der Waals surface area (Å²) in [5.41, 5.74) is 0.00645. The zero-order chi connectivity index (χ0) is 13.0. The predicted molar refractivity (Wildman–Crippen MR) is 65.1 cm³/mol. The monoisotopic (exact) mass is 260 g/mol. The molecule has 0 saturated carbocycles. The van der Waals surface area contributed by atoms with Crippen molar-refractivity contribution in [3.05, 3.63) is 34.1 Å². The van der Waals surface area contributed by atoms with Gasteiger partial charge in [0.1, 0.15) is 5.82 Å². The van der Waals surface area contributed by atoms with Gasteiger partial charge in [0.15, 0.2) is 0 Å². The van der Waals surface area contributed by atoms with Crippen LogP contribution in [0.4, 0.5) is 15.8 Å². The van der Waals surface area contributed by atoms with Crippen molar-refractivity contribution in [2.45, 2.75) is 13.0 Å². The molecule has 17 heavy (non-hydrogen) atoms. The smallest absolute Gasteiger partial charge is 0.274 e. The molecule has 0 aliphatic heterocycles. The first kappa shape index (κ1) is 13.6. The molecule has 0 radical (unpaired) electrons. The number of hydrogen-bond donors (Lipinski definition) is 1. The van der Waals surface area contributed by atoms with Crippen LogP contribution in [0.15, 0.2) is 18.2 Å². The number of non-ortho nitro benzene ring substituents is 1. The molecule has 2 unspecified atom stereocenters. The van der Waals surface area contributed by atoms with Crippen molar-refractivity contribution >= 4 is 22.2 Å². The molecule has 0 spiro atoms. The van der Waals surface area contributed by atoms with Crippen molar-refractivity contribution < 1.29 is 13.5 Å². The van der Waals surface area contributed by atoms with E-state index in [-0.39, 0.29) is 11.7 Å². The van der Waals surface area contributed by atoms with Crippen LogP contribution in [0.5, 0.6) is 0 Å². The minimum atomic E-state index is -0.979. The number of nitro groups is 1. The number of anilines is 1. The fourth-order valence-electron chi connectivity index (χ4n) is 1.44. The number of halogens is 1. The van der Waals surface area contributed by atoms with E-state index in [4.69, 9.17) is 0 Å². The molecule has 0 aliphatic rings. The van der Waals surface area contributed by atoms with E-state index >= 15 is 0 Å². The number of benzene rings is 1. The van der Waals surface area contributed by atoms with Crippen LogP contribution in [-0.4, -0.2) is 27.2 Å². The molecule has 1 N–H and O–H groups in total. The van der Waals surface area contributed by atoms with Gasteiger partial charge in [0.05, 0.1) is 11.0 Å². The lowest BCUT2D eigenvalue weighted by molar-refractivity contribution is -0.385. The predicted octanol–water partition coefficient (Wildman–Crippen LogP) is 1.91. The van der Waals surface area contributed by atoms with Gasteiger partial charge < -0.3 is 5.32 Å². The number of nitro benzene ring substituents is 1. The lowest BCUT2D eigenvalue weighted by Crippen LogP contribution is -2.22. The highest BCUT2D eigenvalue weighted by Gasteiger charge is 2.11. The number of rotatable bonds is 5. The summed E-state index contributed by atoms with van der Waals surface area (Å²) in [5.74, 6) is -0.281. The van der Waals surface area contributed by atoms with Crippen LogP contribution in [0.3, 0.4) is 0 Å². The summed E-state index contributed by atoms with van der Waals surface area (Å²) in [6.07, 6.45) is 1.56. The second-order valence-corrected chi connectivity index (χ2v) is 5.22. The number of hydrogen-bond acceptors (Lipinski definition) is 4. The van der Waals surface area contributed by atoms with Crippen LogP contribution in [0.25, 0.3) is 0 Å². The van der Waals surface area contributed by atoms with E-state index < -0.39 is 21.5 Å². The Kier molecular flexibility index (Phi) is 4.56. The summed E-state index contributed by atoms with van der Waals surface area (Å²) in [6, 6.07) is 3.12. The molecule has 5 nitrogen and oxygen atoms in total. The van der Waals surface area contributed by atoms with Crippen molar-refractivity contribution in [2.24, 2.45) is 0 Å². The molecule has 0 heterocycles. The van der Waals surface area contributed by atoms with Crippen molar-refractivity contribution in [2.75, 3.05) is 17.3 Å². The average Bonchev–Trinajstić information content (AvgIpc) is 2.14. The molecule has 2 atom stereocenters. The fraction of sp³-hybridized carbons (Fsp3) is 0.400. The van der Waals surface area contributed by atoms with Gasteiger partial charge in [-0.15, -0.1) is 0 Å². The van der Waals surface area contributed by atoms with Crippen LogP contribution in [0.2, 0.25) is 0 Å². The quantitative estimate of drug-likeness (QED) is 0.648. The molecule has 0 aromatic heterocycles. The average molecular weight is 260 g/mol. The van der Waals surface area contributed by atoms with Crippen LogP contribution >= 0.6 is 0 Å². The van der Waals surface area contributed by atoms with Gasteiger partial charge in [0.2, 0.25) is 0 Å². The zero-order valence-corrected chi connectivity index (χ0v) is 10.3. The van der Waals surface area contributed by atoms with Crippen molar-refractivity contribution in [1.82, 2.24) is 0 Å². The van der Waals surface area contributed by atoms with E-state index in [0.717, 1.165) is 6.07 Å². The van der Waals surface area contributed by atoms with E-state index in [1.807, 2.05) is 0 Å². The summed E-state index contributed by atoms with van der Waals surface area (Å²) in [5, 5.41) is 13.4. The van der Waals surface area contributed by atoms with Gasteiger partial charge in [0, 0.05) is 40.6 Å². The minimum absolute atomic E-state index is 0.151. The molecule has 94 valence electrons. The van der Waals surface area contributed by atoms with Gasteiger partial charge in [-0.2, -0.15) is 0 Å². The van der Waals surface area contributed by atoms with Crippen LogP contribution in [0.1, 0.15) is 6.92 Å². The Balaban J connectivity index is 2.84. The van der Waals surface area contributed by atoms with Crippen LogP contribution < -0.4 is 5.32 Å². The first-order valence-corrected chi connectivity index (χ1v) is 6.62. The standard InChI is InChI=1S/C10H13FN2O3S/c1-7(6-17(2)16)12-9-3-8(11)4-10(5-9)13(14)15/h3-5,7,12H,6H2,1-2H3. The van der Waals surface area contributed by atoms with Gasteiger partial charge in [-0.1, -0.05) is 0 Å². The van der Waals surface area contributed by atoms with Gasteiger partial charge in [-0.05, 0) is 13.0 Å². The van der Waals surface area contributed by atoms with Crippen molar-refractivity contribution in [3.8, 4) is 0 Å². The van der Waals surface area contributed by atoms with Crippen molar-refractivity contribution in [1.29, 1.82) is 0 Å². The highest BCUT2D eigenvalue weighted by atomic mass is 32.2. The van der Waals surface area contributed by atoms with Gasteiger partial charge >= 0.3 is 0 Å². The van der Waals surface area contributed by atoms with Crippen LogP contribution in [-0.2, 0) is 10.8 Å². The Morgan fingerprint density at radius 1 is 1.53 bits per heavy atom. The maximum Gasteiger partial charge on any atom is 0.274 e. The molecule has 0 fully saturated rings. The number of nitrogens with zero attached hydrogens (tertiary/aromatic N) is 1.